The predicted molar refractivity (Wildman–Crippen MR) is 80.5 cm³/mol. The van der Waals surface area contributed by atoms with E-state index in [-0.39, 0.29) is 5.92 Å². The Balaban J connectivity index is 1.75. The summed E-state index contributed by atoms with van der Waals surface area (Å²) in [6, 6.07) is 5.97. The van der Waals surface area contributed by atoms with Crippen molar-refractivity contribution in [1.29, 1.82) is 0 Å². The number of halogens is 1. The number of rotatable bonds is 2. The zero-order valence-corrected chi connectivity index (χ0v) is 12.4. The molecule has 0 bridgehead atoms. The van der Waals surface area contributed by atoms with Crippen molar-refractivity contribution in [3.05, 3.63) is 34.3 Å². The minimum Gasteiger partial charge on any atom is -0.338 e. The van der Waals surface area contributed by atoms with Gasteiger partial charge in [0.2, 0.25) is 5.91 Å². The molecule has 4 heteroatoms. The summed E-state index contributed by atoms with van der Waals surface area (Å²) >= 11 is 6.22. The number of amides is 1. The average molecular weight is 293 g/mol. The smallest absolute Gasteiger partial charge is 0.226 e. The molecule has 1 aliphatic heterocycles. The Hall–Kier alpha value is -1.06. The molecule has 1 aromatic carbocycles. The first kappa shape index (κ1) is 13.9. The second-order valence-corrected chi connectivity index (χ2v) is 6.33. The molecule has 1 heterocycles. The van der Waals surface area contributed by atoms with Crippen LogP contribution in [0.4, 0.5) is 0 Å². The van der Waals surface area contributed by atoms with Crippen LogP contribution in [0.25, 0.3) is 0 Å². The van der Waals surface area contributed by atoms with Crippen LogP contribution in [0, 0.1) is 11.8 Å². The molecule has 2 aliphatic rings. The van der Waals surface area contributed by atoms with Gasteiger partial charge in [0, 0.05) is 24.0 Å². The van der Waals surface area contributed by atoms with Gasteiger partial charge in [0.05, 0.1) is 0 Å². The lowest BCUT2D eigenvalue weighted by Crippen LogP contribution is -2.41. The SMILES string of the molecule is NC[C@H]1CCC[C@H]1C(=O)N1CCc2c(Cl)cccc2C1. The summed E-state index contributed by atoms with van der Waals surface area (Å²) in [5.41, 5.74) is 8.20. The standard InChI is InChI=1S/C16H21ClN2O/c17-15-6-2-4-12-10-19(8-7-13(12)15)16(20)14-5-1-3-11(14)9-18/h2,4,6,11,14H,1,3,5,7-10,18H2/t11-,14-/m1/s1. The van der Waals surface area contributed by atoms with Crippen molar-refractivity contribution in [2.75, 3.05) is 13.1 Å². The summed E-state index contributed by atoms with van der Waals surface area (Å²) in [5, 5.41) is 0.829. The summed E-state index contributed by atoms with van der Waals surface area (Å²) in [6.07, 6.45) is 4.10. The van der Waals surface area contributed by atoms with Crippen molar-refractivity contribution >= 4 is 17.5 Å². The number of hydrogen-bond acceptors (Lipinski definition) is 2. The molecular weight excluding hydrogens is 272 g/mol. The predicted octanol–water partition coefficient (Wildman–Crippen LogP) is 2.60. The highest BCUT2D eigenvalue weighted by Gasteiger charge is 2.35. The lowest BCUT2D eigenvalue weighted by molar-refractivity contribution is -0.137. The van der Waals surface area contributed by atoms with E-state index in [4.69, 9.17) is 17.3 Å². The Morgan fingerprint density at radius 2 is 2.25 bits per heavy atom. The van der Waals surface area contributed by atoms with Crippen LogP contribution in [-0.2, 0) is 17.8 Å². The van der Waals surface area contributed by atoms with Crippen molar-refractivity contribution in [3.8, 4) is 0 Å². The molecule has 108 valence electrons. The molecule has 0 radical (unpaired) electrons. The van der Waals surface area contributed by atoms with E-state index < -0.39 is 0 Å². The molecule has 2 N–H and O–H groups in total. The number of benzene rings is 1. The molecule has 0 unspecified atom stereocenters. The number of nitrogens with two attached hydrogens (primary N) is 1. The topological polar surface area (TPSA) is 46.3 Å². The minimum atomic E-state index is 0.140. The highest BCUT2D eigenvalue weighted by atomic mass is 35.5. The largest absolute Gasteiger partial charge is 0.338 e. The Morgan fingerprint density at radius 3 is 3.05 bits per heavy atom. The molecule has 0 aromatic heterocycles. The number of hydrogen-bond donors (Lipinski definition) is 1. The Kier molecular flexibility index (Phi) is 3.99. The van der Waals surface area contributed by atoms with Crippen molar-refractivity contribution in [1.82, 2.24) is 4.90 Å². The van der Waals surface area contributed by atoms with Crippen LogP contribution in [0.2, 0.25) is 5.02 Å². The van der Waals surface area contributed by atoms with Gasteiger partial charge in [0.15, 0.2) is 0 Å². The summed E-state index contributed by atoms with van der Waals surface area (Å²) < 4.78 is 0. The Bertz CT molecular complexity index is 517. The van der Waals surface area contributed by atoms with Crippen LogP contribution >= 0.6 is 11.6 Å². The average Bonchev–Trinajstić information content (AvgIpc) is 2.95. The van der Waals surface area contributed by atoms with E-state index in [1.165, 1.54) is 11.1 Å². The third-order valence-corrected chi connectivity index (χ3v) is 5.15. The molecule has 3 rings (SSSR count). The summed E-state index contributed by atoms with van der Waals surface area (Å²) in [4.78, 5) is 14.7. The quantitative estimate of drug-likeness (QED) is 0.911. The van der Waals surface area contributed by atoms with E-state index in [1.807, 2.05) is 17.0 Å². The maximum Gasteiger partial charge on any atom is 0.226 e. The molecule has 1 aromatic rings. The third-order valence-electron chi connectivity index (χ3n) is 4.80. The first-order chi connectivity index (χ1) is 9.70. The van der Waals surface area contributed by atoms with Crippen LogP contribution in [0.1, 0.15) is 30.4 Å². The lowest BCUT2D eigenvalue weighted by Gasteiger charge is -2.32. The maximum absolute atomic E-state index is 12.7. The molecule has 1 saturated carbocycles. The molecule has 0 spiro atoms. The van der Waals surface area contributed by atoms with Crippen molar-refractivity contribution in [2.24, 2.45) is 17.6 Å². The maximum atomic E-state index is 12.7. The highest BCUT2D eigenvalue weighted by Crippen LogP contribution is 2.34. The van der Waals surface area contributed by atoms with E-state index in [9.17, 15) is 4.79 Å². The van der Waals surface area contributed by atoms with Crippen LogP contribution < -0.4 is 5.73 Å². The van der Waals surface area contributed by atoms with Crippen LogP contribution in [0.3, 0.4) is 0 Å². The molecular formula is C16H21ClN2O. The Morgan fingerprint density at radius 1 is 1.40 bits per heavy atom. The van der Waals surface area contributed by atoms with Gasteiger partial charge in [-0.05, 0) is 48.9 Å². The summed E-state index contributed by atoms with van der Waals surface area (Å²) in [7, 11) is 0. The van der Waals surface area contributed by atoms with Gasteiger partial charge in [0.1, 0.15) is 0 Å². The van der Waals surface area contributed by atoms with Gasteiger partial charge < -0.3 is 10.6 Å². The molecule has 3 nitrogen and oxygen atoms in total. The van der Waals surface area contributed by atoms with E-state index >= 15 is 0 Å². The molecule has 1 fully saturated rings. The summed E-state index contributed by atoms with van der Waals surface area (Å²) in [6.45, 7) is 2.11. The van der Waals surface area contributed by atoms with Gasteiger partial charge in [-0.1, -0.05) is 30.2 Å². The highest BCUT2D eigenvalue weighted by molar-refractivity contribution is 6.31. The normalized spacial score (nSPS) is 25.6. The van der Waals surface area contributed by atoms with Gasteiger partial charge in [0.25, 0.3) is 0 Å². The van der Waals surface area contributed by atoms with Crippen LogP contribution in [-0.4, -0.2) is 23.9 Å². The zero-order chi connectivity index (χ0) is 14.1. The number of carbonyl (C=O) groups is 1. The van der Waals surface area contributed by atoms with Crippen molar-refractivity contribution in [2.45, 2.75) is 32.2 Å². The third kappa shape index (κ3) is 2.45. The fourth-order valence-electron chi connectivity index (χ4n) is 3.63. The molecule has 1 aliphatic carbocycles. The van der Waals surface area contributed by atoms with E-state index in [2.05, 4.69) is 6.07 Å². The number of nitrogens with zero attached hydrogens (tertiary/aromatic N) is 1. The molecule has 20 heavy (non-hydrogen) atoms. The van der Waals surface area contributed by atoms with Gasteiger partial charge in [-0.15, -0.1) is 0 Å². The van der Waals surface area contributed by atoms with E-state index in [1.54, 1.807) is 0 Å². The second kappa shape index (κ2) is 5.74. The first-order valence-corrected chi connectivity index (χ1v) is 7.83. The summed E-state index contributed by atoms with van der Waals surface area (Å²) in [5.74, 6) is 0.813. The van der Waals surface area contributed by atoms with E-state index in [0.29, 0.717) is 24.9 Å². The number of carbonyl (C=O) groups excluding carboxylic acids is 1. The minimum absolute atomic E-state index is 0.140. The molecule has 0 saturated heterocycles. The lowest BCUT2D eigenvalue weighted by atomic mass is 9.92. The fraction of sp³-hybridized carbons (Fsp3) is 0.562. The van der Waals surface area contributed by atoms with Crippen LogP contribution in [0.5, 0.6) is 0 Å². The van der Waals surface area contributed by atoms with E-state index in [0.717, 1.165) is 37.3 Å². The number of fused-ring (bicyclic) bond motifs is 1. The van der Waals surface area contributed by atoms with Crippen LogP contribution in [0.15, 0.2) is 18.2 Å². The van der Waals surface area contributed by atoms with Crippen molar-refractivity contribution < 1.29 is 4.79 Å². The van der Waals surface area contributed by atoms with Gasteiger partial charge in [-0.25, -0.2) is 0 Å². The zero-order valence-electron chi connectivity index (χ0n) is 11.6. The monoisotopic (exact) mass is 292 g/mol. The fourth-order valence-corrected chi connectivity index (χ4v) is 3.92. The van der Waals surface area contributed by atoms with Gasteiger partial charge in [-0.2, -0.15) is 0 Å². The van der Waals surface area contributed by atoms with Gasteiger partial charge >= 0.3 is 0 Å². The van der Waals surface area contributed by atoms with Crippen molar-refractivity contribution in [3.63, 3.8) is 0 Å². The Labute approximate surface area is 125 Å². The van der Waals surface area contributed by atoms with Gasteiger partial charge in [-0.3, -0.25) is 4.79 Å². The first-order valence-electron chi connectivity index (χ1n) is 7.46. The second-order valence-electron chi connectivity index (χ2n) is 5.92. The molecule has 2 atom stereocenters. The molecule has 1 amide bonds.